The molecule has 25 heavy (non-hydrogen) atoms. The first-order valence-corrected chi connectivity index (χ1v) is 9.86. The molecule has 3 aromatic rings. The van der Waals surface area contributed by atoms with Crippen LogP contribution in [0.4, 0.5) is 0 Å². The van der Waals surface area contributed by atoms with Gasteiger partial charge in [0.25, 0.3) is 10.0 Å². The fourth-order valence-electron chi connectivity index (χ4n) is 3.51. The Hall–Kier alpha value is -2.31. The molecule has 1 aliphatic rings. The van der Waals surface area contributed by atoms with Gasteiger partial charge in [-0.05, 0) is 55.8 Å². The van der Waals surface area contributed by atoms with Crippen LogP contribution < -0.4 is 0 Å². The van der Waals surface area contributed by atoms with Crippen molar-refractivity contribution in [2.75, 3.05) is 13.1 Å². The van der Waals surface area contributed by atoms with Gasteiger partial charge in [-0.25, -0.2) is 12.4 Å². The van der Waals surface area contributed by atoms with Crippen LogP contribution in [0.3, 0.4) is 0 Å². The summed E-state index contributed by atoms with van der Waals surface area (Å²) in [5, 5.41) is 11.0. The van der Waals surface area contributed by atoms with E-state index in [9.17, 15) is 13.5 Å². The third-order valence-corrected chi connectivity index (χ3v) is 6.44. The van der Waals surface area contributed by atoms with Crippen LogP contribution in [0.25, 0.3) is 10.9 Å². The van der Waals surface area contributed by atoms with Crippen LogP contribution >= 0.6 is 0 Å². The first-order chi connectivity index (χ1) is 12.1. The lowest BCUT2D eigenvalue weighted by atomic mass is 10.1. The van der Waals surface area contributed by atoms with Crippen molar-refractivity contribution in [3.05, 3.63) is 60.3 Å². The topological polar surface area (TPSA) is 62.5 Å². The van der Waals surface area contributed by atoms with E-state index in [1.54, 1.807) is 42.6 Å². The summed E-state index contributed by atoms with van der Waals surface area (Å²) in [5.41, 5.74) is 1.47. The predicted octanol–water partition coefficient (Wildman–Crippen LogP) is 3.18. The van der Waals surface area contributed by atoms with Crippen LogP contribution in [0.15, 0.2) is 59.6 Å². The minimum Gasteiger partial charge on any atom is -0.508 e. The van der Waals surface area contributed by atoms with Gasteiger partial charge in [0.05, 0.1) is 10.4 Å². The molecule has 5 nitrogen and oxygen atoms in total. The van der Waals surface area contributed by atoms with E-state index in [4.69, 9.17) is 0 Å². The number of phenols is 1. The van der Waals surface area contributed by atoms with E-state index in [-0.39, 0.29) is 10.6 Å². The summed E-state index contributed by atoms with van der Waals surface area (Å²) in [6.45, 7) is 2.81. The fraction of sp³-hybridized carbons (Fsp3) is 0.263. The van der Waals surface area contributed by atoms with Crippen LogP contribution in [0.2, 0.25) is 0 Å². The minimum atomic E-state index is -3.69. The molecule has 2 heterocycles. The summed E-state index contributed by atoms with van der Waals surface area (Å²) >= 11 is 0. The number of phenolic OH excluding ortho intramolecular Hbond substituents is 1. The van der Waals surface area contributed by atoms with Crippen LogP contribution in [-0.4, -0.2) is 35.5 Å². The van der Waals surface area contributed by atoms with Crippen LogP contribution in [0.1, 0.15) is 18.4 Å². The maximum absolute atomic E-state index is 12.9. The van der Waals surface area contributed by atoms with Gasteiger partial charge >= 0.3 is 0 Å². The quantitative estimate of drug-likeness (QED) is 0.780. The lowest BCUT2D eigenvalue weighted by molar-refractivity contribution is 0.332. The molecule has 0 unspecified atom stereocenters. The largest absolute Gasteiger partial charge is 0.508 e. The van der Waals surface area contributed by atoms with E-state index in [2.05, 4.69) is 4.90 Å². The summed E-state index contributed by atoms with van der Waals surface area (Å²) in [7, 11) is -3.69. The van der Waals surface area contributed by atoms with Crippen LogP contribution in [0.5, 0.6) is 5.75 Å². The first kappa shape index (κ1) is 16.2. The molecule has 0 amide bonds. The third kappa shape index (κ3) is 2.92. The van der Waals surface area contributed by atoms with E-state index in [0.29, 0.717) is 5.52 Å². The van der Waals surface area contributed by atoms with Crippen molar-refractivity contribution >= 4 is 20.9 Å². The molecule has 130 valence electrons. The molecule has 1 fully saturated rings. The molecule has 0 spiro atoms. The van der Waals surface area contributed by atoms with Gasteiger partial charge in [0.15, 0.2) is 0 Å². The number of hydrogen-bond acceptors (Lipinski definition) is 4. The summed E-state index contributed by atoms with van der Waals surface area (Å²) in [6, 6.07) is 13.4. The predicted molar refractivity (Wildman–Crippen MR) is 97.1 cm³/mol. The normalized spacial score (nSPS) is 15.8. The molecule has 0 atom stereocenters. The van der Waals surface area contributed by atoms with Gasteiger partial charge in [-0.2, -0.15) is 0 Å². The van der Waals surface area contributed by atoms with Crippen molar-refractivity contribution < 1.29 is 13.5 Å². The number of fused-ring (bicyclic) bond motifs is 1. The van der Waals surface area contributed by atoms with Gasteiger partial charge in [0, 0.05) is 24.2 Å². The second-order valence-electron chi connectivity index (χ2n) is 6.45. The lowest BCUT2D eigenvalue weighted by Gasteiger charge is -2.16. The minimum absolute atomic E-state index is 0.0879. The molecule has 0 bridgehead atoms. The first-order valence-electron chi connectivity index (χ1n) is 8.42. The Morgan fingerprint density at radius 2 is 1.72 bits per heavy atom. The van der Waals surface area contributed by atoms with Crippen molar-refractivity contribution in [3.8, 4) is 5.75 Å². The Morgan fingerprint density at radius 1 is 1.00 bits per heavy atom. The Bertz CT molecular complexity index is 1000. The number of nitrogens with zero attached hydrogens (tertiary/aromatic N) is 2. The summed E-state index contributed by atoms with van der Waals surface area (Å²) in [6.07, 6.45) is 3.94. The molecule has 1 aliphatic heterocycles. The zero-order valence-electron chi connectivity index (χ0n) is 13.8. The fourth-order valence-corrected chi connectivity index (χ4v) is 4.86. The molecular weight excluding hydrogens is 336 g/mol. The second-order valence-corrected chi connectivity index (χ2v) is 8.27. The molecule has 1 saturated heterocycles. The van der Waals surface area contributed by atoms with E-state index in [0.717, 1.165) is 30.6 Å². The van der Waals surface area contributed by atoms with Crippen molar-refractivity contribution in [3.63, 3.8) is 0 Å². The van der Waals surface area contributed by atoms with Crippen molar-refractivity contribution in [2.45, 2.75) is 24.3 Å². The monoisotopic (exact) mass is 356 g/mol. The molecule has 1 aromatic heterocycles. The Morgan fingerprint density at radius 3 is 2.44 bits per heavy atom. The lowest BCUT2D eigenvalue weighted by Crippen LogP contribution is -2.18. The molecule has 2 aromatic carbocycles. The van der Waals surface area contributed by atoms with E-state index < -0.39 is 10.0 Å². The zero-order valence-corrected chi connectivity index (χ0v) is 14.6. The van der Waals surface area contributed by atoms with Crippen molar-refractivity contribution in [1.29, 1.82) is 0 Å². The van der Waals surface area contributed by atoms with E-state index in [1.165, 1.54) is 22.9 Å². The molecule has 0 radical (unpaired) electrons. The van der Waals surface area contributed by atoms with Gasteiger partial charge in [-0.15, -0.1) is 0 Å². The Kier molecular flexibility index (Phi) is 4.01. The number of benzene rings is 2. The summed E-state index contributed by atoms with van der Waals surface area (Å²) in [5.74, 6) is 0.0879. The van der Waals surface area contributed by atoms with Crippen LogP contribution in [-0.2, 0) is 16.6 Å². The number of aromatic nitrogens is 1. The molecule has 0 aliphatic carbocycles. The van der Waals surface area contributed by atoms with Gasteiger partial charge in [-0.3, -0.25) is 4.90 Å². The molecule has 0 saturated carbocycles. The number of likely N-dealkylation sites (tertiary alicyclic amines) is 1. The highest BCUT2D eigenvalue weighted by Gasteiger charge is 2.21. The summed E-state index contributed by atoms with van der Waals surface area (Å²) in [4.78, 5) is 2.56. The molecule has 1 N–H and O–H groups in total. The third-order valence-electron chi connectivity index (χ3n) is 4.74. The smallest absolute Gasteiger partial charge is 0.268 e. The molecule has 6 heteroatoms. The highest BCUT2D eigenvalue weighted by molar-refractivity contribution is 7.90. The molecule has 4 rings (SSSR count). The van der Waals surface area contributed by atoms with Crippen molar-refractivity contribution in [2.24, 2.45) is 0 Å². The van der Waals surface area contributed by atoms with Crippen LogP contribution in [0, 0.1) is 0 Å². The second kappa shape index (κ2) is 6.20. The Balaban J connectivity index is 1.83. The standard InChI is InChI=1S/C19H20N2O3S/c22-16-12-15(14-20-9-4-5-10-20)18-8-11-21(19(18)13-16)25(23,24)17-6-2-1-3-7-17/h1-3,6-8,11-13,22H,4-5,9-10,14H2. The maximum atomic E-state index is 12.9. The van der Waals surface area contributed by atoms with E-state index >= 15 is 0 Å². The average Bonchev–Trinajstić information content (AvgIpc) is 3.25. The van der Waals surface area contributed by atoms with E-state index in [1.807, 2.05) is 6.07 Å². The maximum Gasteiger partial charge on any atom is 0.268 e. The summed E-state index contributed by atoms with van der Waals surface area (Å²) < 4.78 is 27.1. The number of hydrogen-bond donors (Lipinski definition) is 1. The van der Waals surface area contributed by atoms with Gasteiger partial charge < -0.3 is 5.11 Å². The van der Waals surface area contributed by atoms with Gasteiger partial charge in [-0.1, -0.05) is 18.2 Å². The van der Waals surface area contributed by atoms with Gasteiger partial charge in [0.2, 0.25) is 0 Å². The number of aromatic hydroxyl groups is 1. The molecular formula is C19H20N2O3S. The highest BCUT2D eigenvalue weighted by atomic mass is 32.2. The SMILES string of the molecule is O=S(=O)(c1ccccc1)n1ccc2c(CN3CCCC3)cc(O)cc21. The Labute approximate surface area is 147 Å². The highest BCUT2D eigenvalue weighted by Crippen LogP contribution is 2.30. The number of rotatable bonds is 4. The zero-order chi connectivity index (χ0) is 17.4. The van der Waals surface area contributed by atoms with Gasteiger partial charge in [0.1, 0.15) is 5.75 Å². The van der Waals surface area contributed by atoms with Crippen molar-refractivity contribution in [1.82, 2.24) is 8.87 Å². The average molecular weight is 356 g/mol.